The minimum atomic E-state index is -3.69. The Morgan fingerprint density at radius 2 is 1.74 bits per heavy atom. The van der Waals surface area contributed by atoms with Crippen molar-refractivity contribution in [2.45, 2.75) is 38.0 Å². The van der Waals surface area contributed by atoms with Crippen LogP contribution in [0.4, 0.5) is 22.7 Å². The molecular weight excluding hydrogens is 454 g/mol. The first kappa shape index (κ1) is 25.6. The molecule has 2 aromatic carbocycles. The number of aliphatic imine (C=N–C) groups is 1. The Hall–Kier alpha value is -2.98. The fraction of sp³-hybridized carbons (Fsp3) is 0.458. The number of benzene rings is 2. The molecule has 10 heteroatoms. The number of anilines is 2. The average molecular weight is 488 g/mol. The van der Waals surface area contributed by atoms with Gasteiger partial charge in [0.2, 0.25) is 10.0 Å². The Labute approximate surface area is 201 Å². The molecule has 1 fully saturated rings. The summed E-state index contributed by atoms with van der Waals surface area (Å²) in [6.45, 7) is 7.15. The number of hydrogen-bond acceptors (Lipinski definition) is 7. The van der Waals surface area contributed by atoms with E-state index in [-0.39, 0.29) is 10.6 Å². The van der Waals surface area contributed by atoms with Crippen LogP contribution in [0.2, 0.25) is 0 Å². The molecule has 0 radical (unpaired) electrons. The normalized spacial score (nSPS) is 14.7. The maximum Gasteiger partial charge on any atom is 0.270 e. The van der Waals surface area contributed by atoms with Crippen molar-refractivity contribution in [3.8, 4) is 0 Å². The molecule has 0 unspecified atom stereocenters. The fourth-order valence-corrected chi connectivity index (χ4v) is 5.26. The summed E-state index contributed by atoms with van der Waals surface area (Å²) >= 11 is 0. The third-order valence-corrected chi connectivity index (χ3v) is 7.92. The van der Waals surface area contributed by atoms with Crippen LogP contribution in [0.25, 0.3) is 0 Å². The number of non-ortho nitro benzene ring substituents is 1. The standard InChI is InChI=1S/C24H33N5O4S/c1-5-27(6-2)22-13-11-21(29(30)31)16-19(22)18-25-20-10-12-23(28-14-8-7-9-15-28)24(17-20)34(32,33)26(3)4/h10-13,16-18H,5-9,14-15H2,1-4H3. The van der Waals surface area contributed by atoms with Crippen LogP contribution >= 0.6 is 0 Å². The van der Waals surface area contributed by atoms with Crippen LogP contribution < -0.4 is 9.80 Å². The first-order valence-corrected chi connectivity index (χ1v) is 13.0. The number of hydrogen-bond donors (Lipinski definition) is 0. The lowest BCUT2D eigenvalue weighted by molar-refractivity contribution is -0.384. The Balaban J connectivity index is 2.07. The molecule has 1 aliphatic heterocycles. The molecule has 0 bridgehead atoms. The third kappa shape index (κ3) is 5.56. The molecule has 3 rings (SSSR count). The highest BCUT2D eigenvalue weighted by molar-refractivity contribution is 7.89. The molecule has 0 spiro atoms. The summed E-state index contributed by atoms with van der Waals surface area (Å²) in [6.07, 6.45) is 4.78. The lowest BCUT2D eigenvalue weighted by Crippen LogP contribution is -2.32. The van der Waals surface area contributed by atoms with Gasteiger partial charge in [-0.15, -0.1) is 0 Å². The third-order valence-electron chi connectivity index (χ3n) is 6.08. The van der Waals surface area contributed by atoms with Gasteiger partial charge in [-0.1, -0.05) is 0 Å². The second-order valence-electron chi connectivity index (χ2n) is 8.42. The minimum absolute atomic E-state index is 0.0197. The molecule has 0 N–H and O–H groups in total. The lowest BCUT2D eigenvalue weighted by atomic mass is 10.1. The molecule has 1 heterocycles. The van der Waals surface area contributed by atoms with E-state index in [4.69, 9.17) is 0 Å². The van der Waals surface area contributed by atoms with Gasteiger partial charge in [-0.3, -0.25) is 15.1 Å². The predicted octanol–water partition coefficient (Wildman–Crippen LogP) is 4.43. The summed E-state index contributed by atoms with van der Waals surface area (Å²) in [5.74, 6) is 0. The molecule has 1 aliphatic rings. The van der Waals surface area contributed by atoms with Gasteiger partial charge in [-0.2, -0.15) is 0 Å². The predicted molar refractivity (Wildman–Crippen MR) is 137 cm³/mol. The highest BCUT2D eigenvalue weighted by atomic mass is 32.2. The van der Waals surface area contributed by atoms with Crippen molar-refractivity contribution in [2.24, 2.45) is 4.99 Å². The van der Waals surface area contributed by atoms with Crippen molar-refractivity contribution in [3.63, 3.8) is 0 Å². The maximum absolute atomic E-state index is 13.1. The lowest BCUT2D eigenvalue weighted by Gasteiger charge is -2.31. The zero-order valence-corrected chi connectivity index (χ0v) is 21.1. The summed E-state index contributed by atoms with van der Waals surface area (Å²) in [5, 5.41) is 11.3. The van der Waals surface area contributed by atoms with Crippen molar-refractivity contribution < 1.29 is 13.3 Å². The highest BCUT2D eigenvalue weighted by Gasteiger charge is 2.25. The van der Waals surface area contributed by atoms with Gasteiger partial charge in [0.1, 0.15) is 4.90 Å². The van der Waals surface area contributed by atoms with Crippen molar-refractivity contribution in [1.82, 2.24) is 4.31 Å². The van der Waals surface area contributed by atoms with Crippen molar-refractivity contribution >= 4 is 39.0 Å². The molecule has 1 saturated heterocycles. The van der Waals surface area contributed by atoms with Gasteiger partial charge in [0.25, 0.3) is 5.69 Å². The van der Waals surface area contributed by atoms with Crippen molar-refractivity contribution in [3.05, 3.63) is 52.1 Å². The Morgan fingerprint density at radius 3 is 2.32 bits per heavy atom. The molecule has 0 atom stereocenters. The van der Waals surface area contributed by atoms with E-state index in [0.717, 1.165) is 51.1 Å². The molecule has 2 aromatic rings. The smallest absolute Gasteiger partial charge is 0.270 e. The first-order chi connectivity index (χ1) is 16.2. The number of nitro groups is 1. The van der Waals surface area contributed by atoms with Crippen LogP contribution in [0.5, 0.6) is 0 Å². The van der Waals surface area contributed by atoms with Gasteiger partial charge in [0.05, 0.1) is 16.3 Å². The van der Waals surface area contributed by atoms with E-state index in [9.17, 15) is 18.5 Å². The highest BCUT2D eigenvalue weighted by Crippen LogP contribution is 2.33. The second kappa shape index (κ2) is 11.0. The molecule has 0 amide bonds. The molecule has 0 aromatic heterocycles. The van der Waals surface area contributed by atoms with Gasteiger partial charge < -0.3 is 9.80 Å². The Morgan fingerprint density at radius 1 is 1.06 bits per heavy atom. The zero-order valence-electron chi connectivity index (χ0n) is 20.3. The number of piperidine rings is 1. The average Bonchev–Trinajstić information content (AvgIpc) is 2.84. The van der Waals surface area contributed by atoms with E-state index in [2.05, 4.69) is 14.8 Å². The van der Waals surface area contributed by atoms with Gasteiger partial charge >= 0.3 is 0 Å². The summed E-state index contributed by atoms with van der Waals surface area (Å²) in [4.78, 5) is 19.9. The van der Waals surface area contributed by atoms with E-state index >= 15 is 0 Å². The van der Waals surface area contributed by atoms with Gasteiger partial charge in [0.15, 0.2) is 0 Å². The van der Waals surface area contributed by atoms with E-state index in [1.165, 1.54) is 30.5 Å². The summed E-state index contributed by atoms with van der Waals surface area (Å²) in [6, 6.07) is 9.91. The van der Waals surface area contributed by atoms with Crippen molar-refractivity contribution in [2.75, 3.05) is 50.1 Å². The van der Waals surface area contributed by atoms with E-state index < -0.39 is 14.9 Å². The van der Waals surface area contributed by atoms with Crippen LogP contribution in [0.1, 0.15) is 38.7 Å². The van der Waals surface area contributed by atoms with Crippen LogP contribution in [-0.2, 0) is 10.0 Å². The van der Waals surface area contributed by atoms with Crippen molar-refractivity contribution in [1.29, 1.82) is 0 Å². The SMILES string of the molecule is CCN(CC)c1ccc([N+](=O)[O-])cc1C=Nc1ccc(N2CCCCC2)c(S(=O)(=O)N(C)C)c1. The van der Waals surface area contributed by atoms with Crippen LogP contribution in [0.3, 0.4) is 0 Å². The molecule has 0 aliphatic carbocycles. The van der Waals surface area contributed by atoms with Gasteiger partial charge in [-0.05, 0) is 57.4 Å². The van der Waals surface area contributed by atoms with E-state index in [1.54, 1.807) is 24.4 Å². The van der Waals surface area contributed by atoms with Crippen LogP contribution in [-0.4, -0.2) is 64.1 Å². The first-order valence-electron chi connectivity index (χ1n) is 11.6. The topological polar surface area (TPSA) is 99.4 Å². The van der Waals surface area contributed by atoms with E-state index in [1.807, 2.05) is 19.9 Å². The number of nitro benzene ring substituents is 1. The van der Waals surface area contributed by atoms with Gasteiger partial charge in [-0.25, -0.2) is 12.7 Å². The fourth-order valence-electron chi connectivity index (χ4n) is 4.14. The second-order valence-corrected chi connectivity index (χ2v) is 10.5. The molecule has 184 valence electrons. The number of nitrogens with zero attached hydrogens (tertiary/aromatic N) is 5. The zero-order chi connectivity index (χ0) is 24.9. The summed E-state index contributed by atoms with van der Waals surface area (Å²) in [5.41, 5.74) is 2.58. The summed E-state index contributed by atoms with van der Waals surface area (Å²) in [7, 11) is -0.652. The maximum atomic E-state index is 13.1. The number of rotatable bonds is 9. The van der Waals surface area contributed by atoms with Crippen LogP contribution in [0.15, 0.2) is 46.3 Å². The molecule has 34 heavy (non-hydrogen) atoms. The largest absolute Gasteiger partial charge is 0.372 e. The monoisotopic (exact) mass is 487 g/mol. The van der Waals surface area contributed by atoms with E-state index in [0.29, 0.717) is 16.9 Å². The molecule has 9 nitrogen and oxygen atoms in total. The molecular formula is C24H33N5O4S. The van der Waals surface area contributed by atoms with Gasteiger partial charge in [0, 0.05) is 69.9 Å². The Kier molecular flexibility index (Phi) is 8.27. The van der Waals surface area contributed by atoms with Crippen LogP contribution in [0, 0.1) is 10.1 Å². The minimum Gasteiger partial charge on any atom is -0.372 e. The summed E-state index contributed by atoms with van der Waals surface area (Å²) < 4.78 is 27.5. The molecule has 0 saturated carbocycles. The number of sulfonamides is 1. The Bertz CT molecular complexity index is 1150. The quantitative estimate of drug-likeness (QED) is 0.295.